The Kier molecular flexibility index (Phi) is 3.59. The fourth-order valence-corrected chi connectivity index (χ4v) is 3.13. The standard InChI is InChI=1S/C13H19NO4/c1-8-3-4-9-7-14(13(17)18-2)11(12(15)16)6-10(9)5-8/h9-11H,1,3-7H2,2H3,(H,15,16)/t9-,10+,11-/m0/s1. The topological polar surface area (TPSA) is 66.8 Å². The molecule has 2 fully saturated rings. The van der Waals surface area contributed by atoms with Crippen LogP contribution in [-0.4, -0.2) is 41.8 Å². The molecule has 5 nitrogen and oxygen atoms in total. The molecule has 3 atom stereocenters. The second-order valence-electron chi connectivity index (χ2n) is 5.23. The van der Waals surface area contributed by atoms with Gasteiger partial charge in [-0.3, -0.25) is 4.90 Å². The predicted octanol–water partition coefficient (Wildman–Crippen LogP) is 1.88. The van der Waals surface area contributed by atoms with E-state index in [0.29, 0.717) is 24.8 Å². The molecule has 2 rings (SSSR count). The van der Waals surface area contributed by atoms with Crippen molar-refractivity contribution in [2.24, 2.45) is 11.8 Å². The van der Waals surface area contributed by atoms with E-state index >= 15 is 0 Å². The second-order valence-corrected chi connectivity index (χ2v) is 5.23. The van der Waals surface area contributed by atoms with E-state index < -0.39 is 18.1 Å². The van der Waals surface area contributed by atoms with Crippen LogP contribution in [-0.2, 0) is 9.53 Å². The van der Waals surface area contributed by atoms with Crippen LogP contribution in [0.15, 0.2) is 12.2 Å². The number of fused-ring (bicyclic) bond motifs is 1. The first-order valence-electron chi connectivity index (χ1n) is 6.27. The summed E-state index contributed by atoms with van der Waals surface area (Å²) < 4.78 is 4.68. The third-order valence-corrected chi connectivity index (χ3v) is 4.11. The molecule has 0 unspecified atom stereocenters. The summed E-state index contributed by atoms with van der Waals surface area (Å²) in [5, 5.41) is 9.24. The lowest BCUT2D eigenvalue weighted by Gasteiger charge is -2.44. The third-order valence-electron chi connectivity index (χ3n) is 4.11. The maximum Gasteiger partial charge on any atom is 0.410 e. The van der Waals surface area contributed by atoms with Gasteiger partial charge in [-0.1, -0.05) is 12.2 Å². The van der Waals surface area contributed by atoms with Gasteiger partial charge in [0, 0.05) is 6.54 Å². The molecule has 1 aliphatic heterocycles. The number of hydrogen-bond acceptors (Lipinski definition) is 3. The molecule has 0 radical (unpaired) electrons. The number of carbonyl (C=O) groups excluding carboxylic acids is 1. The van der Waals surface area contributed by atoms with Gasteiger partial charge in [-0.15, -0.1) is 0 Å². The van der Waals surface area contributed by atoms with E-state index in [4.69, 9.17) is 0 Å². The Morgan fingerprint density at radius 2 is 2.17 bits per heavy atom. The van der Waals surface area contributed by atoms with Gasteiger partial charge < -0.3 is 9.84 Å². The highest BCUT2D eigenvalue weighted by molar-refractivity contribution is 5.80. The predicted molar refractivity (Wildman–Crippen MR) is 65.1 cm³/mol. The van der Waals surface area contributed by atoms with Crippen molar-refractivity contribution in [2.45, 2.75) is 31.7 Å². The zero-order valence-electron chi connectivity index (χ0n) is 10.6. The molecule has 1 N–H and O–H groups in total. The number of carboxylic acids is 1. The van der Waals surface area contributed by atoms with Gasteiger partial charge in [0.2, 0.25) is 0 Å². The molecule has 18 heavy (non-hydrogen) atoms. The van der Waals surface area contributed by atoms with Crippen LogP contribution >= 0.6 is 0 Å². The largest absolute Gasteiger partial charge is 0.480 e. The highest BCUT2D eigenvalue weighted by atomic mass is 16.5. The lowest BCUT2D eigenvalue weighted by atomic mass is 9.71. The molecule has 1 saturated heterocycles. The Hall–Kier alpha value is -1.52. The molecule has 1 heterocycles. The number of likely N-dealkylation sites (tertiary alicyclic amines) is 1. The molecule has 0 bridgehead atoms. The summed E-state index contributed by atoms with van der Waals surface area (Å²) in [6.07, 6.45) is 2.83. The minimum atomic E-state index is -0.949. The summed E-state index contributed by atoms with van der Waals surface area (Å²) in [6.45, 7) is 4.48. The molecule has 1 aliphatic carbocycles. The van der Waals surface area contributed by atoms with E-state index in [1.54, 1.807) is 0 Å². The highest BCUT2D eigenvalue weighted by Gasteiger charge is 2.42. The van der Waals surface area contributed by atoms with Crippen molar-refractivity contribution >= 4 is 12.1 Å². The lowest BCUT2D eigenvalue weighted by Crippen LogP contribution is -2.54. The van der Waals surface area contributed by atoms with Crippen molar-refractivity contribution in [3.05, 3.63) is 12.2 Å². The van der Waals surface area contributed by atoms with Crippen LogP contribution < -0.4 is 0 Å². The van der Waals surface area contributed by atoms with E-state index in [2.05, 4.69) is 11.3 Å². The Balaban J connectivity index is 2.15. The number of piperidine rings is 1. The first kappa shape index (κ1) is 12.9. The monoisotopic (exact) mass is 253 g/mol. The van der Waals surface area contributed by atoms with Crippen molar-refractivity contribution in [3.63, 3.8) is 0 Å². The normalized spacial score (nSPS) is 31.7. The number of hydrogen-bond donors (Lipinski definition) is 1. The van der Waals surface area contributed by atoms with E-state index in [0.717, 1.165) is 19.3 Å². The number of aliphatic carboxylic acids is 1. The number of carbonyl (C=O) groups is 2. The number of carboxylic acid groups (broad SMARTS) is 1. The van der Waals surface area contributed by atoms with Crippen LogP contribution in [0.5, 0.6) is 0 Å². The fraction of sp³-hybridized carbons (Fsp3) is 0.692. The zero-order chi connectivity index (χ0) is 13.3. The lowest BCUT2D eigenvalue weighted by molar-refractivity contribution is -0.145. The number of ether oxygens (including phenoxy) is 1. The minimum Gasteiger partial charge on any atom is -0.480 e. The number of methoxy groups -OCH3 is 1. The van der Waals surface area contributed by atoms with Crippen LogP contribution in [0.2, 0.25) is 0 Å². The summed E-state index contributed by atoms with van der Waals surface area (Å²) in [4.78, 5) is 24.3. The van der Waals surface area contributed by atoms with Crippen molar-refractivity contribution in [2.75, 3.05) is 13.7 Å². The maximum atomic E-state index is 11.6. The van der Waals surface area contributed by atoms with Gasteiger partial charge in [0.1, 0.15) is 6.04 Å². The molecule has 0 aromatic carbocycles. The quantitative estimate of drug-likeness (QED) is 0.725. The van der Waals surface area contributed by atoms with Crippen LogP contribution in [0.25, 0.3) is 0 Å². The van der Waals surface area contributed by atoms with Crippen LogP contribution in [0, 0.1) is 11.8 Å². The van der Waals surface area contributed by atoms with Gasteiger partial charge in [0.15, 0.2) is 0 Å². The van der Waals surface area contributed by atoms with Gasteiger partial charge in [0.05, 0.1) is 7.11 Å². The molecule has 0 spiro atoms. The van der Waals surface area contributed by atoms with Gasteiger partial charge in [-0.25, -0.2) is 9.59 Å². The zero-order valence-corrected chi connectivity index (χ0v) is 10.6. The summed E-state index contributed by atoms with van der Waals surface area (Å²) in [5.74, 6) is -0.228. The summed E-state index contributed by atoms with van der Waals surface area (Å²) in [7, 11) is 1.29. The summed E-state index contributed by atoms with van der Waals surface area (Å²) in [6, 6.07) is -0.760. The molecule has 1 amide bonds. The van der Waals surface area contributed by atoms with Crippen LogP contribution in [0.1, 0.15) is 25.7 Å². The molecule has 1 saturated carbocycles. The molecule has 100 valence electrons. The van der Waals surface area contributed by atoms with Crippen molar-refractivity contribution in [3.8, 4) is 0 Å². The Morgan fingerprint density at radius 3 is 2.78 bits per heavy atom. The van der Waals surface area contributed by atoms with Crippen molar-refractivity contribution in [1.82, 2.24) is 4.90 Å². The van der Waals surface area contributed by atoms with E-state index in [-0.39, 0.29) is 0 Å². The molecule has 2 aliphatic rings. The summed E-state index contributed by atoms with van der Waals surface area (Å²) >= 11 is 0. The third kappa shape index (κ3) is 2.35. The molecular formula is C13H19NO4. The number of allylic oxidation sites excluding steroid dienone is 1. The van der Waals surface area contributed by atoms with E-state index in [1.807, 2.05) is 0 Å². The average molecular weight is 253 g/mol. The highest BCUT2D eigenvalue weighted by Crippen LogP contribution is 2.40. The Bertz CT molecular complexity index is 379. The molecule has 0 aromatic heterocycles. The maximum absolute atomic E-state index is 11.6. The van der Waals surface area contributed by atoms with Crippen LogP contribution in [0.3, 0.4) is 0 Å². The van der Waals surface area contributed by atoms with Gasteiger partial charge in [0.25, 0.3) is 0 Å². The van der Waals surface area contributed by atoms with Gasteiger partial charge >= 0.3 is 12.1 Å². The van der Waals surface area contributed by atoms with E-state index in [9.17, 15) is 14.7 Å². The number of amides is 1. The average Bonchev–Trinajstić information content (AvgIpc) is 2.36. The SMILES string of the molecule is C=C1CC[C@H]2CN(C(=O)OC)[C@H](C(=O)O)C[C@H]2C1. The van der Waals surface area contributed by atoms with Crippen molar-refractivity contribution < 1.29 is 19.4 Å². The number of nitrogens with zero attached hydrogens (tertiary/aromatic N) is 1. The first-order chi connectivity index (χ1) is 8.52. The minimum absolute atomic E-state index is 0.341. The first-order valence-corrected chi connectivity index (χ1v) is 6.27. The van der Waals surface area contributed by atoms with Gasteiger partial charge in [-0.2, -0.15) is 0 Å². The Morgan fingerprint density at radius 1 is 1.44 bits per heavy atom. The second kappa shape index (κ2) is 5.00. The summed E-state index contributed by atoms with van der Waals surface area (Å²) in [5.41, 5.74) is 1.20. The van der Waals surface area contributed by atoms with Crippen molar-refractivity contribution in [1.29, 1.82) is 0 Å². The molecule has 0 aromatic rings. The Labute approximate surface area is 106 Å². The van der Waals surface area contributed by atoms with Crippen LogP contribution in [0.4, 0.5) is 4.79 Å². The van der Waals surface area contributed by atoms with Gasteiger partial charge in [-0.05, 0) is 37.5 Å². The smallest absolute Gasteiger partial charge is 0.410 e. The molecular weight excluding hydrogens is 234 g/mol. The number of rotatable bonds is 1. The fourth-order valence-electron chi connectivity index (χ4n) is 3.13. The molecule has 5 heteroatoms. The van der Waals surface area contributed by atoms with E-state index in [1.165, 1.54) is 17.6 Å².